The van der Waals surface area contributed by atoms with Crippen LogP contribution in [0.4, 0.5) is 5.13 Å². The minimum atomic E-state index is -0.901. The summed E-state index contributed by atoms with van der Waals surface area (Å²) in [5.41, 5.74) is 6.64. The van der Waals surface area contributed by atoms with E-state index in [1.54, 1.807) is 23.5 Å². The van der Waals surface area contributed by atoms with Crippen molar-refractivity contribution in [2.75, 3.05) is 18.0 Å². The van der Waals surface area contributed by atoms with Crippen molar-refractivity contribution in [3.8, 4) is 5.69 Å². The van der Waals surface area contributed by atoms with Crippen molar-refractivity contribution in [1.29, 1.82) is 0 Å². The molecule has 7 rings (SSSR count). The van der Waals surface area contributed by atoms with Gasteiger partial charge in [-0.15, -0.1) is 5.10 Å². The predicted molar refractivity (Wildman–Crippen MR) is 156 cm³/mol. The van der Waals surface area contributed by atoms with Gasteiger partial charge in [-0.2, -0.15) is 0 Å². The van der Waals surface area contributed by atoms with Gasteiger partial charge in [-0.3, -0.25) is 0 Å². The van der Waals surface area contributed by atoms with E-state index in [0.717, 1.165) is 83.9 Å². The third-order valence-corrected chi connectivity index (χ3v) is 10.1. The number of piperidine rings is 1. The Labute approximate surface area is 240 Å². The molecule has 4 aromatic rings. The topological polar surface area (TPSA) is 84.1 Å². The van der Waals surface area contributed by atoms with E-state index in [1.807, 2.05) is 29.8 Å². The number of carbonyl (C=O) groups is 1. The van der Waals surface area contributed by atoms with Crippen LogP contribution in [0.2, 0.25) is 10.0 Å². The molecule has 39 heavy (non-hydrogen) atoms. The second-order valence-electron chi connectivity index (χ2n) is 11.2. The molecule has 10 heteroatoms. The van der Waals surface area contributed by atoms with Crippen molar-refractivity contribution < 1.29 is 9.90 Å². The third-order valence-electron chi connectivity index (χ3n) is 8.41. The summed E-state index contributed by atoms with van der Waals surface area (Å²) in [5.74, 6) is -0.435. The van der Waals surface area contributed by atoms with Gasteiger partial charge in [0.2, 0.25) is 0 Å². The maximum Gasteiger partial charge on any atom is 0.335 e. The molecule has 3 heterocycles. The Hall–Kier alpha value is -2.94. The molecule has 1 spiro atoms. The number of aromatic carboxylic acids is 1. The number of thiazole rings is 1. The molecule has 3 fully saturated rings. The molecule has 2 aliphatic carbocycles. The SMILES string of the molecule is Cc1cc(C(=O)O)cc2sc(N3CCC4(CC3)CC(=Cc3c(C5CC5)nnn3-c3c(Cl)cccc3Cl)C4)nc12. The Morgan fingerprint density at radius 1 is 1.15 bits per heavy atom. The van der Waals surface area contributed by atoms with Crippen molar-refractivity contribution in [3.63, 3.8) is 0 Å². The van der Waals surface area contributed by atoms with Crippen molar-refractivity contribution >= 4 is 61.9 Å². The average molecular weight is 581 g/mol. The number of nitrogens with zero attached hydrogens (tertiary/aromatic N) is 5. The van der Waals surface area contributed by atoms with Gasteiger partial charge in [-0.1, -0.05) is 51.4 Å². The Morgan fingerprint density at radius 3 is 2.54 bits per heavy atom. The molecule has 1 aliphatic heterocycles. The summed E-state index contributed by atoms with van der Waals surface area (Å²) < 4.78 is 2.76. The number of para-hydroxylation sites is 1. The fourth-order valence-corrected chi connectivity index (χ4v) is 7.81. The minimum Gasteiger partial charge on any atom is -0.478 e. The molecular formula is C29H27Cl2N5O2S. The van der Waals surface area contributed by atoms with E-state index in [0.29, 0.717) is 32.6 Å². The van der Waals surface area contributed by atoms with Crippen molar-refractivity contribution in [1.82, 2.24) is 20.0 Å². The number of benzene rings is 2. The molecule has 3 aliphatic rings. The molecule has 200 valence electrons. The van der Waals surface area contributed by atoms with Gasteiger partial charge in [-0.25, -0.2) is 14.5 Å². The second kappa shape index (κ2) is 9.32. The summed E-state index contributed by atoms with van der Waals surface area (Å²) in [5, 5.41) is 20.5. The number of allylic oxidation sites excluding steroid dienone is 1. The van der Waals surface area contributed by atoms with Crippen LogP contribution in [0.15, 0.2) is 35.9 Å². The lowest BCUT2D eigenvalue weighted by atomic mass is 9.60. The van der Waals surface area contributed by atoms with Crippen molar-refractivity contribution in [3.05, 3.63) is 68.5 Å². The van der Waals surface area contributed by atoms with Crippen LogP contribution in [0.3, 0.4) is 0 Å². The summed E-state index contributed by atoms with van der Waals surface area (Å²) >= 11 is 14.7. The van der Waals surface area contributed by atoms with Gasteiger partial charge in [0.05, 0.1) is 37.2 Å². The first kappa shape index (κ1) is 25.1. The van der Waals surface area contributed by atoms with Crippen LogP contribution in [0.5, 0.6) is 0 Å². The maximum atomic E-state index is 11.5. The maximum absolute atomic E-state index is 11.5. The number of rotatable bonds is 5. The first-order valence-corrected chi connectivity index (χ1v) is 14.9. The van der Waals surface area contributed by atoms with Crippen LogP contribution < -0.4 is 4.90 Å². The molecule has 0 atom stereocenters. The average Bonchev–Trinajstić information content (AvgIpc) is 3.51. The molecule has 2 aromatic carbocycles. The number of carboxylic acid groups (broad SMARTS) is 1. The van der Waals surface area contributed by atoms with Crippen molar-refractivity contribution in [2.45, 2.75) is 51.4 Å². The molecule has 1 saturated heterocycles. The molecular weight excluding hydrogens is 553 g/mol. The fourth-order valence-electron chi connectivity index (χ4n) is 6.12. The van der Waals surface area contributed by atoms with Crippen LogP contribution in [-0.4, -0.2) is 44.1 Å². The number of aryl methyl sites for hydroxylation is 1. The number of anilines is 1. The van der Waals surface area contributed by atoms with Crippen molar-refractivity contribution in [2.24, 2.45) is 5.41 Å². The van der Waals surface area contributed by atoms with Crippen LogP contribution >= 0.6 is 34.5 Å². The van der Waals surface area contributed by atoms with Gasteiger partial charge in [0.1, 0.15) is 5.69 Å². The van der Waals surface area contributed by atoms with Gasteiger partial charge in [0.15, 0.2) is 5.13 Å². The number of fused-ring (bicyclic) bond motifs is 1. The molecule has 1 N–H and O–H groups in total. The quantitative estimate of drug-likeness (QED) is 0.263. The van der Waals surface area contributed by atoms with Crippen LogP contribution in [0, 0.1) is 12.3 Å². The number of carboxylic acids is 1. The Balaban J connectivity index is 1.09. The molecule has 0 unspecified atom stereocenters. The third kappa shape index (κ3) is 4.42. The molecule has 2 saturated carbocycles. The monoisotopic (exact) mass is 579 g/mol. The van der Waals surface area contributed by atoms with Crippen LogP contribution in [0.1, 0.15) is 71.8 Å². The summed E-state index contributed by atoms with van der Waals surface area (Å²) in [6.07, 6.45) is 8.95. The summed E-state index contributed by atoms with van der Waals surface area (Å²) in [7, 11) is 0. The zero-order valence-corrected chi connectivity index (χ0v) is 23.8. The first-order valence-electron chi connectivity index (χ1n) is 13.3. The molecule has 7 nitrogen and oxygen atoms in total. The van der Waals surface area contributed by atoms with E-state index in [2.05, 4.69) is 21.3 Å². The fraction of sp³-hybridized carbons (Fsp3) is 0.379. The van der Waals surface area contributed by atoms with Gasteiger partial charge in [0.25, 0.3) is 0 Å². The zero-order chi connectivity index (χ0) is 26.9. The smallest absolute Gasteiger partial charge is 0.335 e. The highest BCUT2D eigenvalue weighted by atomic mass is 35.5. The van der Waals surface area contributed by atoms with E-state index >= 15 is 0 Å². The van der Waals surface area contributed by atoms with Crippen LogP contribution in [-0.2, 0) is 0 Å². The normalized spacial score (nSPS) is 18.5. The van der Waals surface area contributed by atoms with Gasteiger partial charge >= 0.3 is 5.97 Å². The number of aromatic nitrogens is 4. The highest BCUT2D eigenvalue weighted by Gasteiger charge is 2.43. The molecule has 2 aromatic heterocycles. The zero-order valence-electron chi connectivity index (χ0n) is 21.5. The lowest BCUT2D eigenvalue weighted by Crippen LogP contribution is -2.44. The largest absolute Gasteiger partial charge is 0.478 e. The standard InChI is InChI=1S/C29H27Cl2N5O2S/c1-16-11-19(27(37)38)13-23-24(16)32-28(39-23)35-9-7-29(8-10-35)14-17(15-29)12-22-25(18-5-6-18)33-34-36(22)26-20(30)3-2-4-21(26)31/h2-4,11-13,18H,5-10,14-15H2,1H3,(H,37,38). The van der Waals surface area contributed by atoms with E-state index in [1.165, 1.54) is 5.57 Å². The summed E-state index contributed by atoms with van der Waals surface area (Å²) in [6.45, 7) is 3.85. The minimum absolute atomic E-state index is 0.319. The summed E-state index contributed by atoms with van der Waals surface area (Å²) in [4.78, 5) is 18.7. The van der Waals surface area contributed by atoms with E-state index < -0.39 is 5.97 Å². The number of hydrogen-bond donors (Lipinski definition) is 1. The predicted octanol–water partition coefficient (Wildman–Crippen LogP) is 7.53. The van der Waals surface area contributed by atoms with E-state index in [-0.39, 0.29) is 0 Å². The number of halogens is 2. The Kier molecular flexibility index (Phi) is 5.99. The first-order chi connectivity index (χ1) is 18.8. The molecule has 0 amide bonds. The van der Waals surface area contributed by atoms with Gasteiger partial charge in [-0.05, 0) is 86.8 Å². The highest BCUT2D eigenvalue weighted by molar-refractivity contribution is 7.22. The number of hydrogen-bond acceptors (Lipinski definition) is 6. The van der Waals surface area contributed by atoms with Gasteiger partial charge < -0.3 is 10.0 Å². The lowest BCUT2D eigenvalue weighted by molar-refractivity contribution is 0.0697. The van der Waals surface area contributed by atoms with E-state index in [9.17, 15) is 9.90 Å². The summed E-state index contributed by atoms with van der Waals surface area (Å²) in [6, 6.07) is 8.96. The molecule has 0 radical (unpaired) electrons. The highest BCUT2D eigenvalue weighted by Crippen LogP contribution is 2.54. The molecule has 0 bridgehead atoms. The second-order valence-corrected chi connectivity index (χ2v) is 13.0. The van der Waals surface area contributed by atoms with Gasteiger partial charge in [0, 0.05) is 19.0 Å². The Bertz CT molecular complexity index is 1630. The lowest BCUT2D eigenvalue weighted by Gasteiger charge is -2.49. The Morgan fingerprint density at radius 2 is 1.87 bits per heavy atom. The van der Waals surface area contributed by atoms with E-state index in [4.69, 9.17) is 28.2 Å². The van der Waals surface area contributed by atoms with Crippen LogP contribution in [0.25, 0.3) is 22.0 Å².